The summed E-state index contributed by atoms with van der Waals surface area (Å²) in [5.74, 6) is 0. The highest BCUT2D eigenvalue weighted by molar-refractivity contribution is 5.37. The second kappa shape index (κ2) is 4.98. The van der Waals surface area contributed by atoms with E-state index in [-0.39, 0.29) is 0 Å². The van der Waals surface area contributed by atoms with E-state index in [0.29, 0.717) is 0 Å². The van der Waals surface area contributed by atoms with Crippen molar-refractivity contribution in [3.8, 4) is 0 Å². The Hall–Kier alpha value is -0.860. The van der Waals surface area contributed by atoms with Crippen molar-refractivity contribution in [2.75, 3.05) is 26.3 Å². The van der Waals surface area contributed by atoms with Gasteiger partial charge < -0.3 is 4.74 Å². The first-order chi connectivity index (χ1) is 7.66. The maximum Gasteiger partial charge on any atom is 0.0594 e. The van der Waals surface area contributed by atoms with Crippen LogP contribution in [-0.2, 0) is 11.3 Å². The Morgan fingerprint density at radius 3 is 2.50 bits per heavy atom. The van der Waals surface area contributed by atoms with E-state index >= 15 is 0 Å². The van der Waals surface area contributed by atoms with Gasteiger partial charge in [-0.1, -0.05) is 17.7 Å². The van der Waals surface area contributed by atoms with E-state index in [1.165, 1.54) is 22.3 Å². The molecule has 1 saturated heterocycles. The van der Waals surface area contributed by atoms with Crippen LogP contribution in [0, 0.1) is 20.8 Å². The van der Waals surface area contributed by atoms with Crippen LogP contribution in [0.15, 0.2) is 12.1 Å². The van der Waals surface area contributed by atoms with Gasteiger partial charge in [-0.05, 0) is 37.5 Å². The van der Waals surface area contributed by atoms with Gasteiger partial charge in [0.2, 0.25) is 0 Å². The minimum Gasteiger partial charge on any atom is -0.379 e. The van der Waals surface area contributed by atoms with Crippen molar-refractivity contribution in [1.82, 2.24) is 4.90 Å². The summed E-state index contributed by atoms with van der Waals surface area (Å²) in [4.78, 5) is 2.48. The van der Waals surface area contributed by atoms with E-state index in [0.717, 1.165) is 32.8 Å². The quantitative estimate of drug-likeness (QED) is 0.757. The molecule has 0 saturated carbocycles. The Kier molecular flexibility index (Phi) is 3.62. The van der Waals surface area contributed by atoms with Crippen LogP contribution in [0.3, 0.4) is 0 Å². The van der Waals surface area contributed by atoms with Gasteiger partial charge in [-0.2, -0.15) is 0 Å². The van der Waals surface area contributed by atoms with Crippen LogP contribution in [0.2, 0.25) is 0 Å². The van der Waals surface area contributed by atoms with Crippen molar-refractivity contribution in [1.29, 1.82) is 0 Å². The van der Waals surface area contributed by atoms with Crippen molar-refractivity contribution < 1.29 is 4.74 Å². The van der Waals surface area contributed by atoms with Crippen LogP contribution in [0.25, 0.3) is 0 Å². The third kappa shape index (κ3) is 2.63. The van der Waals surface area contributed by atoms with Crippen LogP contribution in [0.1, 0.15) is 22.3 Å². The molecular formula is C14H21NO. The summed E-state index contributed by atoms with van der Waals surface area (Å²) in [6.07, 6.45) is 0. The number of aryl methyl sites for hydroxylation is 2. The molecule has 0 spiro atoms. The van der Waals surface area contributed by atoms with Gasteiger partial charge in [0.25, 0.3) is 0 Å². The van der Waals surface area contributed by atoms with Crippen molar-refractivity contribution in [3.05, 3.63) is 34.4 Å². The molecule has 0 unspecified atom stereocenters. The van der Waals surface area contributed by atoms with Gasteiger partial charge in [-0.25, -0.2) is 0 Å². The van der Waals surface area contributed by atoms with Gasteiger partial charge in [0.05, 0.1) is 13.2 Å². The molecule has 16 heavy (non-hydrogen) atoms. The molecule has 0 amide bonds. The lowest BCUT2D eigenvalue weighted by Gasteiger charge is -2.27. The molecule has 0 N–H and O–H groups in total. The van der Waals surface area contributed by atoms with Gasteiger partial charge in [0.1, 0.15) is 0 Å². The molecule has 1 aromatic carbocycles. The normalized spacial score (nSPS) is 17.7. The van der Waals surface area contributed by atoms with Crippen molar-refractivity contribution in [2.24, 2.45) is 0 Å². The molecule has 0 aliphatic carbocycles. The maximum absolute atomic E-state index is 5.37. The van der Waals surface area contributed by atoms with Gasteiger partial charge in [-0.15, -0.1) is 0 Å². The van der Waals surface area contributed by atoms with Gasteiger partial charge >= 0.3 is 0 Å². The molecule has 2 nitrogen and oxygen atoms in total. The zero-order chi connectivity index (χ0) is 11.5. The van der Waals surface area contributed by atoms with Crippen LogP contribution in [0.4, 0.5) is 0 Å². The molecule has 1 fully saturated rings. The molecule has 0 atom stereocenters. The molecular weight excluding hydrogens is 198 g/mol. The predicted molar refractivity (Wildman–Crippen MR) is 66.7 cm³/mol. The molecule has 1 heterocycles. The van der Waals surface area contributed by atoms with E-state index in [9.17, 15) is 0 Å². The summed E-state index contributed by atoms with van der Waals surface area (Å²) in [6, 6.07) is 4.58. The summed E-state index contributed by atoms with van der Waals surface area (Å²) in [5, 5.41) is 0. The van der Waals surface area contributed by atoms with E-state index in [2.05, 4.69) is 37.8 Å². The van der Waals surface area contributed by atoms with Crippen molar-refractivity contribution in [3.63, 3.8) is 0 Å². The van der Waals surface area contributed by atoms with Crippen LogP contribution >= 0.6 is 0 Å². The zero-order valence-electron chi connectivity index (χ0n) is 10.5. The summed E-state index contributed by atoms with van der Waals surface area (Å²) in [6.45, 7) is 11.6. The molecule has 2 heteroatoms. The molecule has 0 radical (unpaired) electrons. The van der Waals surface area contributed by atoms with Crippen molar-refractivity contribution in [2.45, 2.75) is 27.3 Å². The molecule has 1 aromatic rings. The number of hydrogen-bond acceptors (Lipinski definition) is 2. The Balaban J connectivity index is 2.13. The Morgan fingerprint density at radius 1 is 1.12 bits per heavy atom. The first-order valence-corrected chi connectivity index (χ1v) is 6.03. The first kappa shape index (κ1) is 11.6. The highest BCUT2D eigenvalue weighted by Gasteiger charge is 2.12. The Bertz CT molecular complexity index is 367. The first-order valence-electron chi connectivity index (χ1n) is 6.03. The molecule has 0 bridgehead atoms. The van der Waals surface area contributed by atoms with E-state index in [4.69, 9.17) is 4.74 Å². The number of nitrogens with zero attached hydrogens (tertiary/aromatic N) is 1. The summed E-state index contributed by atoms with van der Waals surface area (Å²) in [5.41, 5.74) is 5.69. The topological polar surface area (TPSA) is 12.5 Å². The lowest BCUT2D eigenvalue weighted by atomic mass is 10.00. The lowest BCUT2D eigenvalue weighted by Crippen LogP contribution is -2.35. The highest BCUT2D eigenvalue weighted by Crippen LogP contribution is 2.18. The third-order valence-electron chi connectivity index (χ3n) is 3.42. The minimum absolute atomic E-state index is 0.879. The predicted octanol–water partition coefficient (Wildman–Crippen LogP) is 2.44. The lowest BCUT2D eigenvalue weighted by molar-refractivity contribution is 0.0341. The number of hydrogen-bond donors (Lipinski definition) is 0. The molecule has 88 valence electrons. The number of morpholine rings is 1. The van der Waals surface area contributed by atoms with Gasteiger partial charge in [0, 0.05) is 19.6 Å². The standard InChI is InChI=1S/C14H21NO/c1-11-8-12(2)13(3)14(9-11)10-15-4-6-16-7-5-15/h8-9H,4-7,10H2,1-3H3. The average molecular weight is 219 g/mol. The molecule has 0 aromatic heterocycles. The molecule has 2 rings (SSSR count). The third-order valence-corrected chi connectivity index (χ3v) is 3.42. The SMILES string of the molecule is Cc1cc(C)c(C)c(CN2CCOCC2)c1. The summed E-state index contributed by atoms with van der Waals surface area (Å²) >= 11 is 0. The smallest absolute Gasteiger partial charge is 0.0594 e. The van der Waals surface area contributed by atoms with Crippen LogP contribution in [-0.4, -0.2) is 31.2 Å². The van der Waals surface area contributed by atoms with E-state index in [1.54, 1.807) is 0 Å². The maximum atomic E-state index is 5.37. The van der Waals surface area contributed by atoms with E-state index in [1.807, 2.05) is 0 Å². The highest BCUT2D eigenvalue weighted by atomic mass is 16.5. The van der Waals surface area contributed by atoms with Crippen LogP contribution in [0.5, 0.6) is 0 Å². The zero-order valence-corrected chi connectivity index (χ0v) is 10.5. The fourth-order valence-electron chi connectivity index (χ4n) is 2.29. The fraction of sp³-hybridized carbons (Fsp3) is 0.571. The van der Waals surface area contributed by atoms with E-state index < -0.39 is 0 Å². The number of ether oxygens (including phenoxy) is 1. The Morgan fingerprint density at radius 2 is 1.81 bits per heavy atom. The van der Waals surface area contributed by atoms with Gasteiger partial charge in [0.15, 0.2) is 0 Å². The molecule has 1 aliphatic rings. The number of benzene rings is 1. The second-order valence-electron chi connectivity index (χ2n) is 4.75. The number of rotatable bonds is 2. The van der Waals surface area contributed by atoms with Crippen LogP contribution < -0.4 is 0 Å². The largest absolute Gasteiger partial charge is 0.379 e. The second-order valence-corrected chi connectivity index (χ2v) is 4.75. The Labute approximate surface area is 98.2 Å². The van der Waals surface area contributed by atoms with Crippen molar-refractivity contribution >= 4 is 0 Å². The molecule has 1 aliphatic heterocycles. The average Bonchev–Trinajstić information content (AvgIpc) is 2.27. The fourth-order valence-corrected chi connectivity index (χ4v) is 2.29. The minimum atomic E-state index is 0.879. The summed E-state index contributed by atoms with van der Waals surface area (Å²) < 4.78 is 5.37. The monoisotopic (exact) mass is 219 g/mol. The summed E-state index contributed by atoms with van der Waals surface area (Å²) in [7, 11) is 0. The van der Waals surface area contributed by atoms with Gasteiger partial charge in [-0.3, -0.25) is 4.90 Å².